The number of hydrogen-bond donors (Lipinski definition) is 1. The summed E-state index contributed by atoms with van der Waals surface area (Å²) in [6.45, 7) is 1.69. The molecule has 1 heterocycles. The van der Waals surface area contributed by atoms with Crippen molar-refractivity contribution in [3.05, 3.63) is 52.2 Å². The molecule has 0 radical (unpaired) electrons. The molecule has 1 aromatic carbocycles. The highest BCUT2D eigenvalue weighted by Gasteiger charge is 2.07. The summed E-state index contributed by atoms with van der Waals surface area (Å²) < 4.78 is 5.20. The molecule has 1 aromatic heterocycles. The third-order valence-electron chi connectivity index (χ3n) is 3.04. The van der Waals surface area contributed by atoms with Gasteiger partial charge in [-0.1, -0.05) is 18.2 Å². The molecule has 0 spiro atoms. The van der Waals surface area contributed by atoms with Gasteiger partial charge in [-0.2, -0.15) is 0 Å². The molecular weight excluding hydrogens is 284 g/mol. The minimum atomic E-state index is 0.0359. The molecule has 0 unspecified atom stereocenters. The van der Waals surface area contributed by atoms with Crippen LogP contribution in [0.25, 0.3) is 0 Å². The normalized spacial score (nSPS) is 10.6. The lowest BCUT2D eigenvalue weighted by atomic mass is 10.2. The van der Waals surface area contributed by atoms with Crippen molar-refractivity contribution in [1.82, 2.24) is 10.2 Å². The van der Waals surface area contributed by atoms with Crippen LogP contribution < -0.4 is 10.1 Å². The molecule has 0 bridgehead atoms. The van der Waals surface area contributed by atoms with E-state index in [1.807, 2.05) is 53.7 Å². The van der Waals surface area contributed by atoms with Crippen molar-refractivity contribution in [2.45, 2.75) is 13.1 Å². The van der Waals surface area contributed by atoms with Gasteiger partial charge in [-0.25, -0.2) is 0 Å². The fraction of sp³-hybridized carbons (Fsp3) is 0.312. The van der Waals surface area contributed by atoms with Crippen LogP contribution in [0, 0.1) is 0 Å². The second-order valence-electron chi connectivity index (χ2n) is 4.88. The largest absolute Gasteiger partial charge is 0.497 e. The summed E-state index contributed by atoms with van der Waals surface area (Å²) in [5.41, 5.74) is 1.13. The Hall–Kier alpha value is -1.85. The SMILES string of the molecule is COc1cccc(CN(C)CC(=O)NCc2cccs2)c1. The van der Waals surface area contributed by atoms with Crippen LogP contribution in [0.15, 0.2) is 41.8 Å². The zero-order valence-corrected chi connectivity index (χ0v) is 13.2. The van der Waals surface area contributed by atoms with Crippen LogP contribution in [0.2, 0.25) is 0 Å². The highest BCUT2D eigenvalue weighted by molar-refractivity contribution is 7.09. The Kier molecular flexibility index (Phi) is 5.78. The molecule has 0 saturated carbocycles. The fourth-order valence-electron chi connectivity index (χ4n) is 2.04. The second-order valence-corrected chi connectivity index (χ2v) is 5.91. The van der Waals surface area contributed by atoms with Crippen LogP contribution in [0.4, 0.5) is 0 Å². The minimum absolute atomic E-state index is 0.0359. The first-order valence-corrected chi connectivity index (χ1v) is 7.66. The number of nitrogens with one attached hydrogen (secondary N) is 1. The summed E-state index contributed by atoms with van der Waals surface area (Å²) >= 11 is 1.65. The molecule has 0 aliphatic heterocycles. The molecule has 5 heteroatoms. The lowest BCUT2D eigenvalue weighted by Gasteiger charge is -2.16. The number of nitrogens with zero attached hydrogens (tertiary/aromatic N) is 1. The zero-order chi connectivity index (χ0) is 15.1. The maximum Gasteiger partial charge on any atom is 0.234 e. The van der Waals surface area contributed by atoms with Gasteiger partial charge in [0, 0.05) is 11.4 Å². The highest BCUT2D eigenvalue weighted by Crippen LogP contribution is 2.13. The van der Waals surface area contributed by atoms with Crippen LogP contribution in [-0.2, 0) is 17.9 Å². The number of methoxy groups -OCH3 is 1. The monoisotopic (exact) mass is 304 g/mol. The van der Waals surface area contributed by atoms with Gasteiger partial charge in [0.1, 0.15) is 5.75 Å². The summed E-state index contributed by atoms with van der Waals surface area (Å²) in [6.07, 6.45) is 0. The summed E-state index contributed by atoms with van der Waals surface area (Å²) in [5.74, 6) is 0.872. The highest BCUT2D eigenvalue weighted by atomic mass is 32.1. The Labute approximate surface area is 129 Å². The van der Waals surface area contributed by atoms with E-state index in [2.05, 4.69) is 5.32 Å². The topological polar surface area (TPSA) is 41.6 Å². The maximum atomic E-state index is 11.9. The molecule has 2 aromatic rings. The third-order valence-corrected chi connectivity index (χ3v) is 3.92. The van der Waals surface area contributed by atoms with Crippen LogP contribution in [0.5, 0.6) is 5.75 Å². The van der Waals surface area contributed by atoms with Gasteiger partial charge >= 0.3 is 0 Å². The first-order valence-electron chi connectivity index (χ1n) is 6.78. The molecule has 0 saturated heterocycles. The second kappa shape index (κ2) is 7.81. The first-order chi connectivity index (χ1) is 10.2. The van der Waals surface area contributed by atoms with Crippen LogP contribution in [-0.4, -0.2) is 31.5 Å². The fourth-order valence-corrected chi connectivity index (χ4v) is 2.68. The lowest BCUT2D eigenvalue weighted by molar-refractivity contribution is -0.122. The smallest absolute Gasteiger partial charge is 0.234 e. The van der Waals surface area contributed by atoms with E-state index < -0.39 is 0 Å². The van der Waals surface area contributed by atoms with E-state index in [0.717, 1.165) is 11.3 Å². The van der Waals surface area contributed by atoms with Gasteiger partial charge in [0.2, 0.25) is 5.91 Å². The van der Waals surface area contributed by atoms with Gasteiger partial charge in [-0.3, -0.25) is 9.69 Å². The van der Waals surface area contributed by atoms with E-state index in [-0.39, 0.29) is 5.91 Å². The molecule has 112 valence electrons. The molecule has 0 aliphatic carbocycles. The average Bonchev–Trinajstić information content (AvgIpc) is 2.98. The van der Waals surface area contributed by atoms with Crippen molar-refractivity contribution in [3.8, 4) is 5.75 Å². The van der Waals surface area contributed by atoms with Crippen LogP contribution >= 0.6 is 11.3 Å². The van der Waals surface area contributed by atoms with Gasteiger partial charge in [0.25, 0.3) is 0 Å². The number of rotatable bonds is 7. The number of carbonyl (C=O) groups is 1. The predicted molar refractivity (Wildman–Crippen MR) is 85.5 cm³/mol. The molecule has 21 heavy (non-hydrogen) atoms. The number of benzene rings is 1. The molecule has 1 amide bonds. The Bertz CT molecular complexity index is 569. The van der Waals surface area contributed by atoms with Gasteiger partial charge in [0.05, 0.1) is 20.2 Å². The molecule has 0 aliphatic rings. The summed E-state index contributed by atoms with van der Waals surface area (Å²) in [7, 11) is 3.59. The van der Waals surface area contributed by atoms with E-state index in [0.29, 0.717) is 19.6 Å². The predicted octanol–water partition coefficient (Wildman–Crippen LogP) is 2.50. The van der Waals surface area contributed by atoms with Crippen molar-refractivity contribution in [2.75, 3.05) is 20.7 Å². The molecule has 0 fully saturated rings. The van der Waals surface area contributed by atoms with Crippen molar-refractivity contribution in [2.24, 2.45) is 0 Å². The van der Waals surface area contributed by atoms with E-state index in [1.165, 1.54) is 4.88 Å². The molecule has 4 nitrogen and oxygen atoms in total. The minimum Gasteiger partial charge on any atom is -0.497 e. The molecule has 0 atom stereocenters. The lowest BCUT2D eigenvalue weighted by Crippen LogP contribution is -2.34. The van der Waals surface area contributed by atoms with E-state index >= 15 is 0 Å². The summed E-state index contributed by atoms with van der Waals surface area (Å²) in [5, 5.41) is 4.94. The van der Waals surface area contributed by atoms with E-state index in [9.17, 15) is 4.79 Å². The van der Waals surface area contributed by atoms with Crippen LogP contribution in [0.3, 0.4) is 0 Å². The number of amides is 1. The standard InChI is InChI=1S/C16H20N2O2S/c1-18(11-13-5-3-6-14(9-13)20-2)12-16(19)17-10-15-7-4-8-21-15/h3-9H,10-12H2,1-2H3,(H,17,19). The van der Waals surface area contributed by atoms with Gasteiger partial charge in [0.15, 0.2) is 0 Å². The van der Waals surface area contributed by atoms with Gasteiger partial charge < -0.3 is 10.1 Å². The van der Waals surface area contributed by atoms with Crippen molar-refractivity contribution >= 4 is 17.2 Å². The summed E-state index contributed by atoms with van der Waals surface area (Å²) in [4.78, 5) is 15.0. The Morgan fingerprint density at radius 2 is 2.19 bits per heavy atom. The molecule has 1 N–H and O–H groups in total. The van der Waals surface area contributed by atoms with E-state index in [4.69, 9.17) is 4.74 Å². The number of hydrogen-bond acceptors (Lipinski definition) is 4. The zero-order valence-electron chi connectivity index (χ0n) is 12.3. The average molecular weight is 304 g/mol. The summed E-state index contributed by atoms with van der Waals surface area (Å²) in [6, 6.07) is 11.9. The molecular formula is C16H20N2O2S. The Balaban J connectivity index is 1.77. The van der Waals surface area contributed by atoms with Gasteiger partial charge in [-0.05, 0) is 36.2 Å². The van der Waals surface area contributed by atoms with Gasteiger partial charge in [-0.15, -0.1) is 11.3 Å². The number of likely N-dealkylation sites (N-methyl/N-ethyl adjacent to an activating group) is 1. The third kappa shape index (κ3) is 5.21. The Morgan fingerprint density at radius 1 is 1.33 bits per heavy atom. The van der Waals surface area contributed by atoms with Crippen molar-refractivity contribution < 1.29 is 9.53 Å². The number of thiophene rings is 1. The van der Waals surface area contributed by atoms with Crippen molar-refractivity contribution in [3.63, 3.8) is 0 Å². The maximum absolute atomic E-state index is 11.9. The first kappa shape index (κ1) is 15.5. The quantitative estimate of drug-likeness (QED) is 0.854. The molecule has 2 rings (SSSR count). The van der Waals surface area contributed by atoms with Crippen molar-refractivity contribution in [1.29, 1.82) is 0 Å². The number of ether oxygens (including phenoxy) is 1. The Morgan fingerprint density at radius 3 is 2.90 bits per heavy atom. The van der Waals surface area contributed by atoms with Crippen LogP contribution in [0.1, 0.15) is 10.4 Å². The number of carbonyl (C=O) groups excluding carboxylic acids is 1. The van der Waals surface area contributed by atoms with E-state index in [1.54, 1.807) is 18.4 Å².